The normalized spacial score (nSPS) is 10.9. The molecule has 15 heavy (non-hydrogen) atoms. The molecule has 0 aliphatic heterocycles. The van der Waals surface area contributed by atoms with Crippen LogP contribution in [0.4, 0.5) is 0 Å². The molecule has 0 aromatic heterocycles. The van der Waals surface area contributed by atoms with Crippen LogP contribution in [-0.4, -0.2) is 11.7 Å². The Balaban J connectivity index is 2.84. The summed E-state index contributed by atoms with van der Waals surface area (Å²) < 4.78 is 0. The van der Waals surface area contributed by atoms with Gasteiger partial charge in [0, 0.05) is 6.61 Å². The van der Waals surface area contributed by atoms with Gasteiger partial charge in [0.1, 0.15) is 0 Å². The third-order valence-electron chi connectivity index (χ3n) is 3.08. The number of benzene rings is 1. The van der Waals surface area contributed by atoms with E-state index in [0.29, 0.717) is 5.92 Å². The first-order valence-corrected chi connectivity index (χ1v) is 6.02. The lowest BCUT2D eigenvalue weighted by molar-refractivity contribution is 0.288. The number of aryl methyl sites for hydroxylation is 1. The number of hydrogen-bond acceptors (Lipinski definition) is 1. The molecular formula is C14H22O. The van der Waals surface area contributed by atoms with E-state index in [-0.39, 0.29) is 6.61 Å². The van der Waals surface area contributed by atoms with Crippen LogP contribution in [0, 0.1) is 0 Å². The fourth-order valence-corrected chi connectivity index (χ4v) is 2.16. The van der Waals surface area contributed by atoms with Gasteiger partial charge in [-0.05, 0) is 42.7 Å². The van der Waals surface area contributed by atoms with Crippen molar-refractivity contribution < 1.29 is 5.11 Å². The van der Waals surface area contributed by atoms with Gasteiger partial charge in [-0.1, -0.05) is 38.1 Å². The molecule has 0 radical (unpaired) electrons. The van der Waals surface area contributed by atoms with Gasteiger partial charge in [0.25, 0.3) is 0 Å². The largest absolute Gasteiger partial charge is 0.396 e. The second kappa shape index (κ2) is 6.62. The maximum atomic E-state index is 8.87. The highest BCUT2D eigenvalue weighted by Gasteiger charge is 2.10. The second-order valence-electron chi connectivity index (χ2n) is 4.04. The first-order valence-electron chi connectivity index (χ1n) is 6.02. The molecule has 1 rings (SSSR count). The first kappa shape index (κ1) is 12.3. The summed E-state index contributed by atoms with van der Waals surface area (Å²) in [6.45, 7) is 4.78. The minimum Gasteiger partial charge on any atom is -0.396 e. The van der Waals surface area contributed by atoms with Crippen LogP contribution in [-0.2, 0) is 6.42 Å². The van der Waals surface area contributed by atoms with E-state index in [1.807, 2.05) is 0 Å². The number of rotatable bonds is 6. The molecule has 0 fully saturated rings. The van der Waals surface area contributed by atoms with E-state index in [1.54, 1.807) is 0 Å². The molecule has 1 N–H and O–H groups in total. The molecule has 1 heteroatoms. The van der Waals surface area contributed by atoms with Crippen molar-refractivity contribution in [3.8, 4) is 0 Å². The molecule has 1 aromatic rings. The zero-order chi connectivity index (χ0) is 11.1. The van der Waals surface area contributed by atoms with Gasteiger partial charge in [0.05, 0.1) is 0 Å². The van der Waals surface area contributed by atoms with Crippen LogP contribution in [0.25, 0.3) is 0 Å². The summed E-state index contributed by atoms with van der Waals surface area (Å²) in [5.74, 6) is 0.680. The minimum absolute atomic E-state index is 0.289. The summed E-state index contributed by atoms with van der Waals surface area (Å²) in [7, 11) is 0. The zero-order valence-corrected chi connectivity index (χ0v) is 9.87. The third-order valence-corrected chi connectivity index (χ3v) is 3.08. The Morgan fingerprint density at radius 2 is 1.80 bits per heavy atom. The quantitative estimate of drug-likeness (QED) is 0.755. The first-order chi connectivity index (χ1) is 7.33. The highest BCUT2D eigenvalue weighted by atomic mass is 16.2. The Morgan fingerprint density at radius 1 is 1.13 bits per heavy atom. The van der Waals surface area contributed by atoms with Gasteiger partial charge in [0.15, 0.2) is 0 Å². The van der Waals surface area contributed by atoms with E-state index in [2.05, 4.69) is 38.1 Å². The van der Waals surface area contributed by atoms with Gasteiger partial charge < -0.3 is 5.11 Å². The van der Waals surface area contributed by atoms with Crippen molar-refractivity contribution in [2.45, 2.75) is 45.4 Å². The Kier molecular flexibility index (Phi) is 5.41. The topological polar surface area (TPSA) is 20.2 Å². The van der Waals surface area contributed by atoms with Crippen LogP contribution in [0.1, 0.15) is 50.2 Å². The molecule has 0 unspecified atom stereocenters. The fourth-order valence-electron chi connectivity index (χ4n) is 2.16. The monoisotopic (exact) mass is 206 g/mol. The van der Waals surface area contributed by atoms with Gasteiger partial charge in [0.2, 0.25) is 0 Å². The minimum atomic E-state index is 0.289. The van der Waals surface area contributed by atoms with Crippen molar-refractivity contribution in [1.29, 1.82) is 0 Å². The van der Waals surface area contributed by atoms with E-state index in [9.17, 15) is 0 Å². The van der Waals surface area contributed by atoms with Gasteiger partial charge in [-0.25, -0.2) is 0 Å². The molecule has 0 atom stereocenters. The third kappa shape index (κ3) is 3.35. The van der Waals surface area contributed by atoms with Crippen LogP contribution in [0.5, 0.6) is 0 Å². The molecule has 0 saturated heterocycles. The van der Waals surface area contributed by atoms with Gasteiger partial charge in [-0.2, -0.15) is 0 Å². The molecule has 0 aliphatic rings. The SMILES string of the molecule is CCC(CC)c1ccccc1CCCO. The summed E-state index contributed by atoms with van der Waals surface area (Å²) >= 11 is 0. The molecule has 1 nitrogen and oxygen atoms in total. The summed E-state index contributed by atoms with van der Waals surface area (Å²) in [4.78, 5) is 0. The molecule has 84 valence electrons. The summed E-state index contributed by atoms with van der Waals surface area (Å²) in [6, 6.07) is 8.66. The van der Waals surface area contributed by atoms with Crippen molar-refractivity contribution in [3.05, 3.63) is 35.4 Å². The molecule has 1 aromatic carbocycles. The van der Waals surface area contributed by atoms with E-state index < -0.39 is 0 Å². The Hall–Kier alpha value is -0.820. The van der Waals surface area contributed by atoms with Crippen LogP contribution >= 0.6 is 0 Å². The highest BCUT2D eigenvalue weighted by molar-refractivity contribution is 5.30. The summed E-state index contributed by atoms with van der Waals surface area (Å²) in [5.41, 5.74) is 2.90. The lowest BCUT2D eigenvalue weighted by Crippen LogP contribution is -2.01. The lowest BCUT2D eigenvalue weighted by atomic mass is 9.88. The lowest BCUT2D eigenvalue weighted by Gasteiger charge is -2.17. The number of hydrogen-bond donors (Lipinski definition) is 1. The zero-order valence-electron chi connectivity index (χ0n) is 9.87. The maximum Gasteiger partial charge on any atom is 0.0434 e. The number of aliphatic hydroxyl groups excluding tert-OH is 1. The van der Waals surface area contributed by atoms with Crippen LogP contribution < -0.4 is 0 Å². The maximum absolute atomic E-state index is 8.87. The number of aliphatic hydroxyl groups is 1. The Morgan fingerprint density at radius 3 is 2.40 bits per heavy atom. The predicted octanol–water partition coefficient (Wildman–Crippen LogP) is 3.52. The molecule has 0 amide bonds. The smallest absolute Gasteiger partial charge is 0.0434 e. The molecule has 0 saturated carbocycles. The average Bonchev–Trinajstić information content (AvgIpc) is 2.29. The van der Waals surface area contributed by atoms with E-state index in [1.165, 1.54) is 24.0 Å². The van der Waals surface area contributed by atoms with Crippen LogP contribution in [0.15, 0.2) is 24.3 Å². The van der Waals surface area contributed by atoms with Crippen molar-refractivity contribution in [3.63, 3.8) is 0 Å². The van der Waals surface area contributed by atoms with Crippen LogP contribution in [0.3, 0.4) is 0 Å². The average molecular weight is 206 g/mol. The van der Waals surface area contributed by atoms with E-state index in [0.717, 1.165) is 12.8 Å². The second-order valence-corrected chi connectivity index (χ2v) is 4.04. The van der Waals surface area contributed by atoms with Crippen molar-refractivity contribution in [2.75, 3.05) is 6.61 Å². The van der Waals surface area contributed by atoms with Crippen molar-refractivity contribution >= 4 is 0 Å². The van der Waals surface area contributed by atoms with Gasteiger partial charge >= 0.3 is 0 Å². The van der Waals surface area contributed by atoms with Gasteiger partial charge in [-0.3, -0.25) is 0 Å². The molecule has 0 bridgehead atoms. The molecule has 0 heterocycles. The standard InChI is InChI=1S/C14H22O/c1-3-12(4-2)14-10-6-5-8-13(14)9-7-11-15/h5-6,8,10,12,15H,3-4,7,9,11H2,1-2H3. The Bertz CT molecular complexity index is 276. The molecular weight excluding hydrogens is 184 g/mol. The van der Waals surface area contributed by atoms with E-state index in [4.69, 9.17) is 5.11 Å². The predicted molar refractivity (Wildman–Crippen MR) is 65.2 cm³/mol. The highest BCUT2D eigenvalue weighted by Crippen LogP contribution is 2.26. The van der Waals surface area contributed by atoms with Gasteiger partial charge in [-0.15, -0.1) is 0 Å². The molecule has 0 aliphatic carbocycles. The molecule has 0 spiro atoms. The van der Waals surface area contributed by atoms with Crippen molar-refractivity contribution in [2.24, 2.45) is 0 Å². The fraction of sp³-hybridized carbons (Fsp3) is 0.571. The summed E-state index contributed by atoms with van der Waals surface area (Å²) in [5, 5.41) is 8.87. The summed E-state index contributed by atoms with van der Waals surface area (Å²) in [6.07, 6.45) is 4.28. The van der Waals surface area contributed by atoms with E-state index >= 15 is 0 Å². The van der Waals surface area contributed by atoms with Crippen LogP contribution in [0.2, 0.25) is 0 Å². The van der Waals surface area contributed by atoms with Crippen molar-refractivity contribution in [1.82, 2.24) is 0 Å². The Labute approximate surface area is 93.1 Å².